The van der Waals surface area contributed by atoms with Gasteiger partial charge < -0.3 is 4.74 Å². The number of carbonyl (C=O) groups is 1. The van der Waals surface area contributed by atoms with Crippen LogP contribution in [0.2, 0.25) is 0 Å². The Labute approximate surface area is 76.7 Å². The van der Waals surface area contributed by atoms with Crippen LogP contribution >= 0.6 is 12.4 Å². The molecule has 0 aliphatic carbocycles. The first-order valence-corrected chi connectivity index (χ1v) is 3.43. The summed E-state index contributed by atoms with van der Waals surface area (Å²) in [5, 5.41) is 6.39. The van der Waals surface area contributed by atoms with E-state index in [4.69, 9.17) is 4.74 Å². The molecule has 0 spiro atoms. The molecule has 4 nitrogen and oxygen atoms in total. The van der Waals surface area contributed by atoms with E-state index >= 15 is 0 Å². The van der Waals surface area contributed by atoms with E-state index in [1.165, 1.54) is 0 Å². The minimum absolute atomic E-state index is 0. The number of aryl methyl sites for hydroxylation is 1. The summed E-state index contributed by atoms with van der Waals surface area (Å²) in [5.41, 5.74) is 1.19. The lowest BCUT2D eigenvalue weighted by atomic mass is 10.4. The molecule has 0 saturated heterocycles. The van der Waals surface area contributed by atoms with E-state index in [0.717, 1.165) is 5.69 Å². The van der Waals surface area contributed by atoms with Crippen molar-refractivity contribution in [1.29, 1.82) is 0 Å². The van der Waals surface area contributed by atoms with Crippen molar-refractivity contribution in [2.24, 2.45) is 0 Å². The first-order chi connectivity index (χ1) is 5.24. The molecule has 0 atom stereocenters. The van der Waals surface area contributed by atoms with Crippen LogP contribution in [0.25, 0.3) is 0 Å². The first kappa shape index (κ1) is 11.0. The zero-order valence-corrected chi connectivity index (χ0v) is 7.77. The fraction of sp³-hybridized carbons (Fsp3) is 0.429. The molecule has 0 radical (unpaired) electrons. The van der Waals surface area contributed by atoms with Crippen molar-refractivity contribution in [2.75, 3.05) is 6.61 Å². The highest BCUT2D eigenvalue weighted by molar-refractivity contribution is 5.87. The monoisotopic (exact) mass is 190 g/mol. The number of aromatic amines is 1. The van der Waals surface area contributed by atoms with Crippen LogP contribution in [-0.4, -0.2) is 22.8 Å². The molecule has 5 heteroatoms. The largest absolute Gasteiger partial charge is 0.461 e. The number of carbonyl (C=O) groups excluding carboxylic acids is 1. The number of hydrogen-bond donors (Lipinski definition) is 1. The van der Waals surface area contributed by atoms with Crippen LogP contribution in [0.15, 0.2) is 6.07 Å². The number of hydrogen-bond acceptors (Lipinski definition) is 3. The Hall–Kier alpha value is -1.03. The summed E-state index contributed by atoms with van der Waals surface area (Å²) in [5.74, 6) is -0.378. The normalized spacial score (nSPS) is 8.83. The van der Waals surface area contributed by atoms with Crippen molar-refractivity contribution >= 4 is 18.4 Å². The van der Waals surface area contributed by atoms with Gasteiger partial charge in [0.15, 0.2) is 5.69 Å². The predicted octanol–water partition coefficient (Wildman–Crippen LogP) is 1.32. The second kappa shape index (κ2) is 4.77. The van der Waals surface area contributed by atoms with Gasteiger partial charge in [0.1, 0.15) is 0 Å². The molecule has 1 aromatic heterocycles. The van der Waals surface area contributed by atoms with E-state index in [1.54, 1.807) is 13.0 Å². The molecule has 68 valence electrons. The molecule has 0 unspecified atom stereocenters. The number of rotatable bonds is 2. The Morgan fingerprint density at radius 3 is 2.83 bits per heavy atom. The Kier molecular flexibility index (Phi) is 4.36. The Morgan fingerprint density at radius 1 is 1.75 bits per heavy atom. The molecule has 1 heterocycles. The van der Waals surface area contributed by atoms with Crippen LogP contribution in [0.3, 0.4) is 0 Å². The molecule has 0 fully saturated rings. The Morgan fingerprint density at radius 2 is 2.42 bits per heavy atom. The van der Waals surface area contributed by atoms with Crippen molar-refractivity contribution in [3.05, 3.63) is 17.5 Å². The van der Waals surface area contributed by atoms with E-state index in [9.17, 15) is 4.79 Å². The van der Waals surface area contributed by atoms with Crippen LogP contribution in [0.4, 0.5) is 0 Å². The van der Waals surface area contributed by atoms with Crippen LogP contribution < -0.4 is 0 Å². The molecule has 1 N–H and O–H groups in total. The number of nitrogens with one attached hydrogen (secondary N) is 1. The van der Waals surface area contributed by atoms with Gasteiger partial charge in [0, 0.05) is 5.69 Å². The van der Waals surface area contributed by atoms with Crippen LogP contribution in [0, 0.1) is 6.92 Å². The number of H-pyrrole nitrogens is 1. The van der Waals surface area contributed by atoms with E-state index in [1.807, 2.05) is 6.92 Å². The van der Waals surface area contributed by atoms with Gasteiger partial charge in [0.25, 0.3) is 0 Å². The molecule has 0 aliphatic heterocycles. The topological polar surface area (TPSA) is 55.0 Å². The van der Waals surface area contributed by atoms with Gasteiger partial charge in [-0.2, -0.15) is 5.10 Å². The molecule has 12 heavy (non-hydrogen) atoms. The minimum atomic E-state index is -0.378. The SMILES string of the molecule is CCOC(=O)c1cc(C)[nH]n1.Cl. The Bertz CT molecular complexity index is 260. The van der Waals surface area contributed by atoms with Crippen molar-refractivity contribution in [3.63, 3.8) is 0 Å². The van der Waals surface area contributed by atoms with Gasteiger partial charge in [-0.1, -0.05) is 0 Å². The number of esters is 1. The number of aromatic nitrogens is 2. The summed E-state index contributed by atoms with van der Waals surface area (Å²) in [6.07, 6.45) is 0. The summed E-state index contributed by atoms with van der Waals surface area (Å²) >= 11 is 0. The average molecular weight is 191 g/mol. The lowest BCUT2D eigenvalue weighted by molar-refractivity contribution is 0.0519. The smallest absolute Gasteiger partial charge is 0.358 e. The fourth-order valence-electron chi connectivity index (χ4n) is 0.728. The predicted molar refractivity (Wildman–Crippen MR) is 46.5 cm³/mol. The zero-order chi connectivity index (χ0) is 8.27. The molecule has 0 bridgehead atoms. The second-order valence-corrected chi connectivity index (χ2v) is 2.16. The quantitative estimate of drug-likeness (QED) is 0.716. The maximum atomic E-state index is 11.0. The van der Waals surface area contributed by atoms with Gasteiger partial charge in [-0.05, 0) is 19.9 Å². The molecule has 1 rings (SSSR count). The highest BCUT2D eigenvalue weighted by Crippen LogP contribution is 1.99. The third kappa shape index (κ3) is 2.54. The lowest BCUT2D eigenvalue weighted by Crippen LogP contribution is -2.04. The lowest BCUT2D eigenvalue weighted by Gasteiger charge is -1.94. The third-order valence-corrected chi connectivity index (χ3v) is 1.19. The average Bonchev–Trinajstić information content (AvgIpc) is 2.36. The highest BCUT2D eigenvalue weighted by Gasteiger charge is 2.08. The number of nitrogens with zero attached hydrogens (tertiary/aromatic N) is 1. The summed E-state index contributed by atoms with van der Waals surface area (Å²) in [4.78, 5) is 11.0. The van der Waals surface area contributed by atoms with Crippen LogP contribution in [0.1, 0.15) is 23.1 Å². The molecule has 0 aliphatic rings. The molecule has 0 aromatic carbocycles. The van der Waals surface area contributed by atoms with Gasteiger partial charge in [0.2, 0.25) is 0 Å². The van der Waals surface area contributed by atoms with Gasteiger partial charge in [0.05, 0.1) is 6.61 Å². The highest BCUT2D eigenvalue weighted by atomic mass is 35.5. The van der Waals surface area contributed by atoms with Crippen molar-refractivity contribution in [2.45, 2.75) is 13.8 Å². The van der Waals surface area contributed by atoms with Crippen molar-refractivity contribution in [1.82, 2.24) is 10.2 Å². The minimum Gasteiger partial charge on any atom is -0.461 e. The van der Waals surface area contributed by atoms with Gasteiger partial charge in [-0.25, -0.2) is 4.79 Å². The van der Waals surface area contributed by atoms with E-state index in [0.29, 0.717) is 12.3 Å². The molecule has 0 saturated carbocycles. The molecule has 1 aromatic rings. The van der Waals surface area contributed by atoms with Crippen LogP contribution in [-0.2, 0) is 4.74 Å². The van der Waals surface area contributed by atoms with E-state index in [-0.39, 0.29) is 18.4 Å². The number of ether oxygens (including phenoxy) is 1. The second-order valence-electron chi connectivity index (χ2n) is 2.16. The molecular formula is C7H11ClN2O2. The van der Waals surface area contributed by atoms with Gasteiger partial charge in [-0.3, -0.25) is 5.10 Å². The summed E-state index contributed by atoms with van der Waals surface area (Å²) < 4.78 is 4.72. The third-order valence-electron chi connectivity index (χ3n) is 1.19. The first-order valence-electron chi connectivity index (χ1n) is 3.43. The maximum absolute atomic E-state index is 11.0. The van der Waals surface area contributed by atoms with Gasteiger partial charge in [-0.15, -0.1) is 12.4 Å². The summed E-state index contributed by atoms with van der Waals surface area (Å²) in [7, 11) is 0. The van der Waals surface area contributed by atoms with Crippen LogP contribution in [0.5, 0.6) is 0 Å². The van der Waals surface area contributed by atoms with E-state index in [2.05, 4.69) is 10.2 Å². The van der Waals surface area contributed by atoms with Crippen molar-refractivity contribution < 1.29 is 9.53 Å². The standard InChI is InChI=1S/C7H10N2O2.ClH/c1-3-11-7(10)6-4-5(2)8-9-6;/h4H,3H2,1-2H3,(H,8,9);1H. The summed E-state index contributed by atoms with van der Waals surface area (Å²) in [6, 6.07) is 1.65. The maximum Gasteiger partial charge on any atom is 0.358 e. The Balaban J connectivity index is 0.00000121. The molecule has 0 amide bonds. The fourth-order valence-corrected chi connectivity index (χ4v) is 0.728. The van der Waals surface area contributed by atoms with Gasteiger partial charge >= 0.3 is 5.97 Å². The molecular weight excluding hydrogens is 180 g/mol. The zero-order valence-electron chi connectivity index (χ0n) is 6.96. The summed E-state index contributed by atoms with van der Waals surface area (Å²) in [6.45, 7) is 3.97. The van der Waals surface area contributed by atoms with Crippen molar-refractivity contribution in [3.8, 4) is 0 Å². The van der Waals surface area contributed by atoms with E-state index < -0.39 is 0 Å². The number of halogens is 1.